The average molecular weight is 696 g/mol. The molecule has 55 heavy (non-hydrogen) atoms. The Morgan fingerprint density at radius 1 is 0.327 bits per heavy atom. The Morgan fingerprint density at radius 3 is 1.38 bits per heavy atom. The molecule has 0 saturated carbocycles. The summed E-state index contributed by atoms with van der Waals surface area (Å²) in [7, 11) is 0. The Kier molecular flexibility index (Phi) is 6.15. The smallest absolute Gasteiger partial charge is 0.187 e. The first-order valence-electron chi connectivity index (χ1n) is 18.7. The molecule has 0 atom stereocenters. The molecule has 0 radical (unpaired) electrons. The van der Waals surface area contributed by atoms with Crippen molar-refractivity contribution in [2.24, 2.45) is 0 Å². The SMILES string of the molecule is [C-]#[N+]c1cccc(-c2c3ccccc3c(-c3ccc4c(c3)c3ccccc3c3cc5c(cc43)oc3c4ccccc4c4ccccc4c53)c3ccccc23)c1. The summed E-state index contributed by atoms with van der Waals surface area (Å²) >= 11 is 0. The molecule has 11 aromatic carbocycles. The summed E-state index contributed by atoms with van der Waals surface area (Å²) < 4.78 is 6.88. The van der Waals surface area contributed by atoms with E-state index in [1.807, 2.05) is 18.2 Å². The summed E-state index contributed by atoms with van der Waals surface area (Å²) in [4.78, 5) is 3.75. The molecule has 0 aliphatic heterocycles. The summed E-state index contributed by atoms with van der Waals surface area (Å²) in [5.41, 5.74) is 7.10. The molecule has 0 fully saturated rings. The average Bonchev–Trinajstić information content (AvgIpc) is 3.64. The highest BCUT2D eigenvalue weighted by atomic mass is 16.3. The van der Waals surface area contributed by atoms with Crippen molar-refractivity contribution >= 4 is 103 Å². The van der Waals surface area contributed by atoms with Gasteiger partial charge in [0.2, 0.25) is 0 Å². The highest BCUT2D eigenvalue weighted by Crippen LogP contribution is 2.47. The minimum atomic E-state index is 0.644. The first kappa shape index (κ1) is 30.0. The molecule has 0 aliphatic rings. The lowest BCUT2D eigenvalue weighted by Gasteiger charge is -2.19. The van der Waals surface area contributed by atoms with E-state index in [9.17, 15) is 0 Å². The van der Waals surface area contributed by atoms with Crippen LogP contribution in [0.3, 0.4) is 0 Å². The van der Waals surface area contributed by atoms with Crippen LogP contribution in [0.15, 0.2) is 180 Å². The maximum atomic E-state index is 7.69. The second-order valence-corrected chi connectivity index (χ2v) is 14.6. The summed E-state index contributed by atoms with van der Waals surface area (Å²) in [6.45, 7) is 7.69. The number of furan rings is 1. The molecule has 2 heteroatoms. The zero-order valence-electron chi connectivity index (χ0n) is 29.6. The number of nitrogens with zero attached hydrogens (tertiary/aromatic N) is 1. The molecule has 1 aromatic heterocycles. The van der Waals surface area contributed by atoms with Crippen LogP contribution >= 0.6 is 0 Å². The Labute approximate surface area is 315 Å². The van der Waals surface area contributed by atoms with Gasteiger partial charge in [-0.25, -0.2) is 4.85 Å². The fourth-order valence-corrected chi connectivity index (χ4v) is 9.49. The second-order valence-electron chi connectivity index (χ2n) is 14.6. The summed E-state index contributed by atoms with van der Waals surface area (Å²) in [6.07, 6.45) is 0. The van der Waals surface area contributed by atoms with Crippen LogP contribution in [0, 0.1) is 6.57 Å². The van der Waals surface area contributed by atoms with Crippen molar-refractivity contribution < 1.29 is 4.42 Å². The Balaban J connectivity index is 1.18. The van der Waals surface area contributed by atoms with Gasteiger partial charge >= 0.3 is 0 Å². The van der Waals surface area contributed by atoms with Crippen LogP contribution in [0.25, 0.3) is 124 Å². The first-order valence-corrected chi connectivity index (χ1v) is 18.7. The van der Waals surface area contributed by atoms with Crippen molar-refractivity contribution in [3.8, 4) is 22.3 Å². The van der Waals surface area contributed by atoms with Crippen LogP contribution in [-0.2, 0) is 0 Å². The molecule has 252 valence electrons. The van der Waals surface area contributed by atoms with Crippen molar-refractivity contribution in [1.29, 1.82) is 0 Å². The number of rotatable bonds is 2. The summed E-state index contributed by atoms with van der Waals surface area (Å²) in [5, 5.41) is 19.2. The van der Waals surface area contributed by atoms with Gasteiger partial charge in [-0.3, -0.25) is 0 Å². The van der Waals surface area contributed by atoms with E-state index in [1.165, 1.54) is 86.5 Å². The first-order chi connectivity index (χ1) is 27.2. The van der Waals surface area contributed by atoms with Gasteiger partial charge < -0.3 is 4.42 Å². The molecular weight excluding hydrogens is 667 g/mol. The van der Waals surface area contributed by atoms with Crippen LogP contribution in [0.5, 0.6) is 0 Å². The zero-order chi connectivity index (χ0) is 36.2. The standard InChI is InChI=1S/C53H29NO/c1-54-33-14-12-13-31(27-33)50-40-20-7-9-22-42(40)51(43-23-10-8-21-41(43)50)32-25-26-38-45(28-32)36-17-2-3-18-37(36)46-29-48-49(30-47(38)46)55-53-44-24-11-5-16-35(44)34-15-4-6-19-39(34)52(48)53/h2-30H. The van der Waals surface area contributed by atoms with Gasteiger partial charge in [0.25, 0.3) is 0 Å². The van der Waals surface area contributed by atoms with Crippen molar-refractivity contribution in [3.63, 3.8) is 0 Å². The van der Waals surface area contributed by atoms with E-state index in [-0.39, 0.29) is 0 Å². The Bertz CT molecular complexity index is 3620. The molecule has 0 spiro atoms. The quantitative estimate of drug-likeness (QED) is 0.1000. The van der Waals surface area contributed by atoms with Crippen molar-refractivity contribution in [3.05, 3.63) is 187 Å². The van der Waals surface area contributed by atoms with E-state index in [1.54, 1.807) is 0 Å². The highest BCUT2D eigenvalue weighted by Gasteiger charge is 2.20. The van der Waals surface area contributed by atoms with Gasteiger partial charge in [0.15, 0.2) is 5.69 Å². The molecule has 0 aliphatic carbocycles. The fraction of sp³-hybridized carbons (Fsp3) is 0. The third-order valence-corrected chi connectivity index (χ3v) is 11.8. The van der Waals surface area contributed by atoms with Gasteiger partial charge in [-0.2, -0.15) is 0 Å². The molecule has 2 nitrogen and oxygen atoms in total. The van der Waals surface area contributed by atoms with Crippen LogP contribution in [0.1, 0.15) is 0 Å². The van der Waals surface area contributed by atoms with Crippen LogP contribution in [0.2, 0.25) is 0 Å². The fourth-order valence-electron chi connectivity index (χ4n) is 9.49. The van der Waals surface area contributed by atoms with E-state index in [0.29, 0.717) is 5.69 Å². The van der Waals surface area contributed by atoms with Crippen molar-refractivity contribution in [2.45, 2.75) is 0 Å². The minimum Gasteiger partial charge on any atom is -0.455 e. The van der Waals surface area contributed by atoms with E-state index < -0.39 is 0 Å². The second kappa shape index (κ2) is 11.3. The summed E-state index contributed by atoms with van der Waals surface area (Å²) in [6, 6.07) is 63.3. The van der Waals surface area contributed by atoms with Gasteiger partial charge in [-0.05, 0) is 117 Å². The molecule has 0 saturated heterocycles. The lowest BCUT2D eigenvalue weighted by Crippen LogP contribution is -1.91. The zero-order valence-corrected chi connectivity index (χ0v) is 29.6. The minimum absolute atomic E-state index is 0.644. The highest BCUT2D eigenvalue weighted by molar-refractivity contribution is 6.34. The van der Waals surface area contributed by atoms with Crippen LogP contribution < -0.4 is 0 Å². The molecule has 12 rings (SSSR count). The molecule has 0 N–H and O–H groups in total. The van der Waals surface area contributed by atoms with Gasteiger partial charge in [0.05, 0.1) is 6.57 Å². The van der Waals surface area contributed by atoms with Gasteiger partial charge in [-0.15, -0.1) is 0 Å². The number of fused-ring (bicyclic) bond motifs is 16. The third-order valence-electron chi connectivity index (χ3n) is 11.8. The van der Waals surface area contributed by atoms with E-state index >= 15 is 0 Å². The van der Waals surface area contributed by atoms with Gasteiger partial charge in [0.1, 0.15) is 11.2 Å². The summed E-state index contributed by atoms with van der Waals surface area (Å²) in [5.74, 6) is 0. The lowest BCUT2D eigenvalue weighted by atomic mass is 9.84. The molecular formula is C53H29NO. The lowest BCUT2D eigenvalue weighted by molar-refractivity contribution is 0.673. The van der Waals surface area contributed by atoms with E-state index in [4.69, 9.17) is 11.0 Å². The number of hydrogen-bond acceptors (Lipinski definition) is 1. The number of benzene rings is 11. The van der Waals surface area contributed by atoms with Gasteiger partial charge in [-0.1, -0.05) is 152 Å². The number of hydrogen-bond donors (Lipinski definition) is 0. The Morgan fingerprint density at radius 2 is 0.782 bits per heavy atom. The maximum absolute atomic E-state index is 7.69. The molecule has 1 heterocycles. The topological polar surface area (TPSA) is 17.5 Å². The van der Waals surface area contributed by atoms with Crippen LogP contribution in [-0.4, -0.2) is 0 Å². The predicted molar refractivity (Wildman–Crippen MR) is 233 cm³/mol. The van der Waals surface area contributed by atoms with Crippen LogP contribution in [0.4, 0.5) is 5.69 Å². The third kappa shape index (κ3) is 4.18. The van der Waals surface area contributed by atoms with E-state index in [2.05, 4.69) is 163 Å². The monoisotopic (exact) mass is 695 g/mol. The molecule has 0 bridgehead atoms. The van der Waals surface area contributed by atoms with E-state index in [0.717, 1.165) is 33.1 Å². The molecule has 0 unspecified atom stereocenters. The Hall–Kier alpha value is -7.47. The maximum Gasteiger partial charge on any atom is 0.187 e. The van der Waals surface area contributed by atoms with Crippen molar-refractivity contribution in [1.82, 2.24) is 0 Å². The predicted octanol–water partition coefficient (Wildman–Crippen LogP) is 15.5. The molecule has 0 amide bonds. The van der Waals surface area contributed by atoms with Gasteiger partial charge in [0, 0.05) is 16.2 Å². The largest absolute Gasteiger partial charge is 0.455 e. The normalized spacial score (nSPS) is 12.0. The van der Waals surface area contributed by atoms with Crippen molar-refractivity contribution in [2.75, 3.05) is 0 Å². The molecule has 12 aromatic rings.